The lowest BCUT2D eigenvalue weighted by Gasteiger charge is -2.30. The molecule has 3 aromatic rings. The summed E-state index contributed by atoms with van der Waals surface area (Å²) >= 11 is 0. The number of rotatable bonds is 13. The number of aliphatic hydroxyl groups is 1. The summed E-state index contributed by atoms with van der Waals surface area (Å²) in [4.78, 5) is 14.7. The Kier molecular flexibility index (Phi) is 10.1. The normalized spacial score (nSPS) is 13.6. The number of aromatic hydroxyl groups is 1. The summed E-state index contributed by atoms with van der Waals surface area (Å²) in [6.07, 6.45) is -0.197. The highest BCUT2D eigenvalue weighted by Crippen LogP contribution is 2.30. The molecule has 3 rings (SSSR count). The number of aliphatic hydroxyl groups excluding tert-OH is 1. The average molecular weight is 593 g/mol. The van der Waals surface area contributed by atoms with Crippen LogP contribution in [0.4, 0.5) is 10.5 Å². The lowest BCUT2D eigenvalue weighted by atomic mass is 10.0. The molecule has 216 valence electrons. The summed E-state index contributed by atoms with van der Waals surface area (Å²) in [5.41, 5.74) is 0.368. The van der Waals surface area contributed by atoms with Gasteiger partial charge in [0.15, 0.2) is 0 Å². The summed E-state index contributed by atoms with van der Waals surface area (Å²) in [6, 6.07) is 13.7. The standard InChI is InChI=1S/C26H32N4O8S2/c1-18(2)16-30(17-25(32)22(28-26(33)34)13-19-7-4-3-5-8-19)40(37,38)20-10-11-24(31)23(14-20)29-39(35,36)21-9-6-12-27-15-21/h3-12,14-15,18,22,25,28-29,31-32H,13,16-17H2,1-2H3,(H,33,34)/t22-,25-/m0/s1. The predicted octanol–water partition coefficient (Wildman–Crippen LogP) is 2.47. The monoisotopic (exact) mass is 592 g/mol. The predicted molar refractivity (Wildman–Crippen MR) is 148 cm³/mol. The number of amides is 1. The molecule has 0 fully saturated rings. The average Bonchev–Trinajstić information content (AvgIpc) is 2.89. The quantitative estimate of drug-likeness (QED) is 0.186. The molecule has 5 N–H and O–H groups in total. The molecule has 0 aliphatic rings. The molecule has 0 unspecified atom stereocenters. The van der Waals surface area contributed by atoms with Crippen molar-refractivity contribution in [2.45, 2.75) is 42.2 Å². The van der Waals surface area contributed by atoms with Crippen molar-refractivity contribution in [2.75, 3.05) is 17.8 Å². The van der Waals surface area contributed by atoms with E-state index in [1.807, 2.05) is 0 Å². The van der Waals surface area contributed by atoms with E-state index in [0.29, 0.717) is 0 Å². The molecule has 0 spiro atoms. The lowest BCUT2D eigenvalue weighted by molar-refractivity contribution is 0.0980. The number of benzene rings is 2. The largest absolute Gasteiger partial charge is 0.506 e. The van der Waals surface area contributed by atoms with Crippen molar-refractivity contribution in [2.24, 2.45) is 5.92 Å². The smallest absolute Gasteiger partial charge is 0.404 e. The minimum Gasteiger partial charge on any atom is -0.506 e. The van der Waals surface area contributed by atoms with Crippen LogP contribution in [-0.4, -0.2) is 72.8 Å². The van der Waals surface area contributed by atoms with Crippen LogP contribution >= 0.6 is 0 Å². The Balaban J connectivity index is 1.92. The van der Waals surface area contributed by atoms with Gasteiger partial charge >= 0.3 is 6.09 Å². The van der Waals surface area contributed by atoms with Gasteiger partial charge in [-0.1, -0.05) is 44.2 Å². The molecule has 2 aromatic carbocycles. The summed E-state index contributed by atoms with van der Waals surface area (Å²) in [6.45, 7) is 3.07. The maximum Gasteiger partial charge on any atom is 0.404 e. The molecule has 14 heteroatoms. The van der Waals surface area contributed by atoms with Gasteiger partial charge in [0.1, 0.15) is 10.6 Å². The van der Waals surface area contributed by atoms with Crippen LogP contribution in [0.15, 0.2) is 82.8 Å². The SMILES string of the molecule is CC(C)CN(C[C@H](O)[C@H](Cc1ccccc1)NC(=O)O)S(=O)(=O)c1ccc(O)c(NS(=O)(=O)c2cccnc2)c1. The Hall–Kier alpha value is -3.72. The van der Waals surface area contributed by atoms with Gasteiger partial charge in [-0.05, 0) is 48.2 Å². The third kappa shape index (κ3) is 8.14. The number of phenols is 1. The first-order valence-corrected chi connectivity index (χ1v) is 15.2. The van der Waals surface area contributed by atoms with Crippen molar-refractivity contribution in [3.63, 3.8) is 0 Å². The van der Waals surface area contributed by atoms with E-state index in [9.17, 15) is 36.9 Å². The van der Waals surface area contributed by atoms with Crippen LogP contribution in [0.25, 0.3) is 0 Å². The second-order valence-electron chi connectivity index (χ2n) is 9.50. The first-order valence-electron chi connectivity index (χ1n) is 12.3. The van der Waals surface area contributed by atoms with Crippen LogP contribution in [0.2, 0.25) is 0 Å². The molecule has 1 aromatic heterocycles. The molecule has 40 heavy (non-hydrogen) atoms. The minimum atomic E-state index is -4.35. The van der Waals surface area contributed by atoms with Crippen LogP contribution in [0, 0.1) is 5.92 Å². The number of hydrogen-bond acceptors (Lipinski definition) is 8. The van der Waals surface area contributed by atoms with Crippen molar-refractivity contribution in [1.82, 2.24) is 14.6 Å². The van der Waals surface area contributed by atoms with Crippen LogP contribution in [0.5, 0.6) is 5.75 Å². The van der Waals surface area contributed by atoms with Gasteiger partial charge in [-0.15, -0.1) is 0 Å². The van der Waals surface area contributed by atoms with E-state index < -0.39 is 50.6 Å². The molecule has 0 saturated carbocycles. The summed E-state index contributed by atoms with van der Waals surface area (Å²) in [5, 5.41) is 32.9. The minimum absolute atomic E-state index is 0.0257. The van der Waals surface area contributed by atoms with Gasteiger partial charge in [-0.2, -0.15) is 4.31 Å². The van der Waals surface area contributed by atoms with Gasteiger partial charge in [0.05, 0.1) is 22.7 Å². The number of anilines is 1. The van der Waals surface area contributed by atoms with Gasteiger partial charge in [0.25, 0.3) is 10.0 Å². The zero-order valence-corrected chi connectivity index (χ0v) is 23.5. The molecule has 12 nitrogen and oxygen atoms in total. The zero-order chi connectivity index (χ0) is 29.5. The number of carbonyl (C=O) groups is 1. The summed E-state index contributed by atoms with van der Waals surface area (Å²) in [5.74, 6) is -0.682. The summed E-state index contributed by atoms with van der Waals surface area (Å²) < 4.78 is 56.1. The number of pyridine rings is 1. The van der Waals surface area contributed by atoms with Crippen molar-refractivity contribution < 1.29 is 36.9 Å². The number of phenolic OH excluding ortho intramolecular Hbond substituents is 1. The molecule has 1 amide bonds. The summed E-state index contributed by atoms with van der Waals surface area (Å²) in [7, 11) is -8.54. The molecule has 2 atom stereocenters. The van der Waals surface area contributed by atoms with Gasteiger partial charge in [-0.3, -0.25) is 9.71 Å². The lowest BCUT2D eigenvalue weighted by Crippen LogP contribution is -2.50. The Bertz CT molecular complexity index is 1500. The van der Waals surface area contributed by atoms with Crippen LogP contribution in [0.1, 0.15) is 19.4 Å². The van der Waals surface area contributed by atoms with Crippen LogP contribution in [-0.2, 0) is 26.5 Å². The molecule has 1 heterocycles. The fraction of sp³-hybridized carbons (Fsp3) is 0.308. The molecule has 0 radical (unpaired) electrons. The maximum absolute atomic E-state index is 13.7. The van der Waals surface area contributed by atoms with Crippen molar-refractivity contribution in [3.05, 3.63) is 78.6 Å². The molecule has 0 bridgehead atoms. The van der Waals surface area contributed by atoms with E-state index >= 15 is 0 Å². The Morgan fingerprint density at radius 2 is 1.68 bits per heavy atom. The fourth-order valence-corrected chi connectivity index (χ4v) is 6.62. The second kappa shape index (κ2) is 13.1. The van der Waals surface area contributed by atoms with Gasteiger partial charge in [0.2, 0.25) is 10.0 Å². The van der Waals surface area contributed by atoms with E-state index in [1.54, 1.807) is 44.2 Å². The third-order valence-electron chi connectivity index (χ3n) is 5.83. The van der Waals surface area contributed by atoms with E-state index in [4.69, 9.17) is 0 Å². The number of hydrogen-bond donors (Lipinski definition) is 5. The first kappa shape index (κ1) is 30.8. The molecular weight excluding hydrogens is 560 g/mol. The zero-order valence-electron chi connectivity index (χ0n) is 21.9. The highest BCUT2D eigenvalue weighted by molar-refractivity contribution is 7.92. The van der Waals surface area contributed by atoms with E-state index in [1.165, 1.54) is 18.3 Å². The Labute approximate surface area is 233 Å². The maximum atomic E-state index is 13.7. The van der Waals surface area contributed by atoms with E-state index in [-0.39, 0.29) is 34.4 Å². The second-order valence-corrected chi connectivity index (χ2v) is 13.1. The van der Waals surface area contributed by atoms with E-state index in [2.05, 4.69) is 15.0 Å². The fourth-order valence-electron chi connectivity index (χ4n) is 3.94. The number of nitrogens with zero attached hydrogens (tertiary/aromatic N) is 2. The Morgan fingerprint density at radius 1 is 0.975 bits per heavy atom. The number of sulfonamides is 2. The molecule has 0 aliphatic carbocycles. The van der Waals surface area contributed by atoms with Crippen LogP contribution in [0.3, 0.4) is 0 Å². The first-order chi connectivity index (χ1) is 18.8. The number of carboxylic acid groups (broad SMARTS) is 1. The molecule has 0 saturated heterocycles. The molecular formula is C26H32N4O8S2. The van der Waals surface area contributed by atoms with Crippen molar-refractivity contribution in [1.29, 1.82) is 0 Å². The molecule has 0 aliphatic heterocycles. The Morgan fingerprint density at radius 3 is 2.27 bits per heavy atom. The van der Waals surface area contributed by atoms with Gasteiger partial charge in [-0.25, -0.2) is 21.6 Å². The van der Waals surface area contributed by atoms with Crippen molar-refractivity contribution in [3.8, 4) is 5.75 Å². The van der Waals surface area contributed by atoms with Crippen LogP contribution < -0.4 is 10.0 Å². The van der Waals surface area contributed by atoms with Crippen molar-refractivity contribution >= 4 is 31.8 Å². The van der Waals surface area contributed by atoms with E-state index in [0.717, 1.165) is 34.3 Å². The number of aromatic nitrogens is 1. The third-order valence-corrected chi connectivity index (χ3v) is 9.00. The topological polar surface area (TPSA) is 186 Å². The van der Waals surface area contributed by atoms with Gasteiger partial charge < -0.3 is 20.6 Å². The highest BCUT2D eigenvalue weighted by atomic mass is 32.2. The highest BCUT2D eigenvalue weighted by Gasteiger charge is 2.32. The van der Waals surface area contributed by atoms with Gasteiger partial charge in [0, 0.05) is 25.5 Å². The number of nitrogens with one attached hydrogen (secondary N) is 2.